The predicted octanol–water partition coefficient (Wildman–Crippen LogP) is 0.184. The zero-order chi connectivity index (χ0) is 12.6. The molecular weight excluding hydrogens is 214 g/mol. The largest absolute Gasteiger partial charge is 0.481 e. The highest BCUT2D eigenvalue weighted by Crippen LogP contribution is 2.14. The van der Waals surface area contributed by atoms with Gasteiger partial charge in [0.05, 0.1) is 6.42 Å². The van der Waals surface area contributed by atoms with Crippen molar-refractivity contribution in [2.75, 3.05) is 0 Å². The lowest BCUT2D eigenvalue weighted by molar-refractivity contribution is -0.152. The summed E-state index contributed by atoms with van der Waals surface area (Å²) >= 11 is 0. The minimum Gasteiger partial charge on any atom is -0.481 e. The van der Waals surface area contributed by atoms with Crippen molar-refractivity contribution < 1.29 is 24.9 Å². The molecule has 94 valence electrons. The van der Waals surface area contributed by atoms with E-state index in [9.17, 15) is 9.59 Å². The Balaban J connectivity index is 0.000000288. The minimum atomic E-state index is -1.79. The highest BCUT2D eigenvalue weighted by molar-refractivity contribution is 5.79. The van der Waals surface area contributed by atoms with E-state index >= 15 is 0 Å². The molecule has 1 aliphatic carbocycles. The van der Waals surface area contributed by atoms with Gasteiger partial charge < -0.3 is 21.1 Å². The van der Waals surface area contributed by atoms with Gasteiger partial charge in [-0.25, -0.2) is 4.79 Å². The van der Waals surface area contributed by atoms with E-state index in [0.29, 0.717) is 6.04 Å². The van der Waals surface area contributed by atoms with Crippen molar-refractivity contribution >= 4 is 11.9 Å². The van der Waals surface area contributed by atoms with Gasteiger partial charge >= 0.3 is 11.9 Å². The summed E-state index contributed by atoms with van der Waals surface area (Å²) in [5.41, 5.74) is 5.63. The van der Waals surface area contributed by atoms with Gasteiger partial charge in [-0.1, -0.05) is 19.3 Å². The Bertz CT molecular complexity index is 225. The maximum atomic E-state index is 9.72. The van der Waals surface area contributed by atoms with Crippen LogP contribution in [0.2, 0.25) is 0 Å². The second-order valence-corrected chi connectivity index (χ2v) is 3.85. The van der Waals surface area contributed by atoms with Crippen molar-refractivity contribution in [3.63, 3.8) is 0 Å². The Morgan fingerprint density at radius 3 is 1.88 bits per heavy atom. The number of nitrogens with two attached hydrogens (primary N) is 1. The second-order valence-electron chi connectivity index (χ2n) is 3.85. The molecular formula is C10H19NO5. The average molecular weight is 233 g/mol. The topological polar surface area (TPSA) is 121 Å². The van der Waals surface area contributed by atoms with Crippen LogP contribution >= 0.6 is 0 Å². The highest BCUT2D eigenvalue weighted by atomic mass is 16.4. The normalized spacial score (nSPS) is 18.1. The second kappa shape index (κ2) is 8.06. The van der Waals surface area contributed by atoms with Crippen LogP contribution in [-0.4, -0.2) is 39.4 Å². The number of rotatable bonds is 3. The molecule has 16 heavy (non-hydrogen) atoms. The molecule has 0 aromatic carbocycles. The van der Waals surface area contributed by atoms with Crippen LogP contribution in [0, 0.1) is 0 Å². The van der Waals surface area contributed by atoms with E-state index in [1.165, 1.54) is 32.1 Å². The Labute approximate surface area is 94.1 Å². The fourth-order valence-electron chi connectivity index (χ4n) is 1.39. The maximum Gasteiger partial charge on any atom is 0.333 e. The summed E-state index contributed by atoms with van der Waals surface area (Å²) in [5, 5.41) is 24.1. The lowest BCUT2D eigenvalue weighted by Crippen LogP contribution is -2.22. The Hall–Kier alpha value is -1.14. The number of carbonyl (C=O) groups is 2. The van der Waals surface area contributed by atoms with Gasteiger partial charge in [-0.05, 0) is 12.8 Å². The molecule has 1 rings (SSSR count). The fourth-order valence-corrected chi connectivity index (χ4v) is 1.39. The number of aliphatic hydroxyl groups excluding tert-OH is 1. The van der Waals surface area contributed by atoms with E-state index in [1.54, 1.807) is 0 Å². The van der Waals surface area contributed by atoms with Crippen molar-refractivity contribution in [3.05, 3.63) is 0 Å². The molecule has 0 aromatic rings. The van der Waals surface area contributed by atoms with Gasteiger partial charge in [-0.15, -0.1) is 0 Å². The number of aliphatic hydroxyl groups is 1. The van der Waals surface area contributed by atoms with Crippen molar-refractivity contribution in [1.29, 1.82) is 0 Å². The van der Waals surface area contributed by atoms with Crippen LogP contribution < -0.4 is 5.73 Å². The van der Waals surface area contributed by atoms with Crippen LogP contribution in [0.3, 0.4) is 0 Å². The first-order chi connectivity index (χ1) is 7.43. The van der Waals surface area contributed by atoms with Crippen LogP contribution in [0.25, 0.3) is 0 Å². The van der Waals surface area contributed by atoms with E-state index in [1.807, 2.05) is 0 Å². The smallest absolute Gasteiger partial charge is 0.333 e. The molecule has 0 heterocycles. The van der Waals surface area contributed by atoms with E-state index in [0.717, 1.165) is 0 Å². The zero-order valence-electron chi connectivity index (χ0n) is 9.13. The molecule has 0 bridgehead atoms. The summed E-state index contributed by atoms with van der Waals surface area (Å²) in [4.78, 5) is 19.4. The number of hydrogen-bond donors (Lipinski definition) is 4. The van der Waals surface area contributed by atoms with E-state index < -0.39 is 24.5 Å². The van der Waals surface area contributed by atoms with Crippen LogP contribution in [0.4, 0.5) is 0 Å². The molecule has 0 aromatic heterocycles. The maximum absolute atomic E-state index is 9.72. The molecule has 0 radical (unpaired) electrons. The fraction of sp³-hybridized carbons (Fsp3) is 0.800. The predicted molar refractivity (Wildman–Crippen MR) is 57.0 cm³/mol. The van der Waals surface area contributed by atoms with Gasteiger partial charge in [-0.2, -0.15) is 0 Å². The van der Waals surface area contributed by atoms with Gasteiger partial charge in [0, 0.05) is 6.04 Å². The molecule has 1 saturated carbocycles. The Kier molecular flexibility index (Phi) is 7.49. The molecule has 1 fully saturated rings. The lowest BCUT2D eigenvalue weighted by atomic mass is 9.97. The quantitative estimate of drug-likeness (QED) is 0.552. The minimum absolute atomic E-state index is 0.536. The first-order valence-corrected chi connectivity index (χ1v) is 5.31. The summed E-state index contributed by atoms with van der Waals surface area (Å²) in [5.74, 6) is -2.85. The number of aliphatic carboxylic acids is 2. The van der Waals surface area contributed by atoms with Gasteiger partial charge in [0.1, 0.15) is 0 Å². The van der Waals surface area contributed by atoms with Gasteiger partial charge in [0.15, 0.2) is 6.10 Å². The van der Waals surface area contributed by atoms with Crippen molar-refractivity contribution in [1.82, 2.24) is 0 Å². The van der Waals surface area contributed by atoms with Crippen molar-refractivity contribution in [3.8, 4) is 0 Å². The first kappa shape index (κ1) is 14.9. The summed E-state index contributed by atoms with van der Waals surface area (Å²) in [6.45, 7) is 0. The molecule has 1 aliphatic rings. The number of hydrogen-bond acceptors (Lipinski definition) is 4. The molecule has 0 amide bonds. The van der Waals surface area contributed by atoms with Crippen LogP contribution in [0.5, 0.6) is 0 Å². The van der Waals surface area contributed by atoms with Gasteiger partial charge in [0.25, 0.3) is 0 Å². The Morgan fingerprint density at radius 1 is 1.19 bits per heavy atom. The third-order valence-electron chi connectivity index (χ3n) is 2.30. The van der Waals surface area contributed by atoms with Crippen molar-refractivity contribution in [2.24, 2.45) is 5.73 Å². The van der Waals surface area contributed by atoms with Gasteiger partial charge in [-0.3, -0.25) is 4.79 Å². The molecule has 6 nitrogen and oxygen atoms in total. The number of carboxylic acids is 2. The molecule has 0 aliphatic heterocycles. The SMILES string of the molecule is NC1CCCCC1.O=C(O)CC(O)C(=O)O. The molecule has 1 atom stereocenters. The molecule has 0 spiro atoms. The van der Waals surface area contributed by atoms with E-state index in [4.69, 9.17) is 21.1 Å². The van der Waals surface area contributed by atoms with Gasteiger partial charge in [0.2, 0.25) is 0 Å². The summed E-state index contributed by atoms with van der Waals surface area (Å²) < 4.78 is 0. The molecule has 5 N–H and O–H groups in total. The molecule has 6 heteroatoms. The van der Waals surface area contributed by atoms with Crippen LogP contribution in [0.15, 0.2) is 0 Å². The summed E-state index contributed by atoms with van der Waals surface area (Å²) in [6.07, 6.45) is 4.12. The Morgan fingerprint density at radius 2 is 1.69 bits per heavy atom. The standard InChI is InChI=1S/C6H13N.C4H6O5/c7-6-4-2-1-3-5-6;5-2(4(8)9)1-3(6)7/h6H,1-5,7H2;2,5H,1H2,(H,6,7)(H,8,9). The van der Waals surface area contributed by atoms with Crippen LogP contribution in [-0.2, 0) is 9.59 Å². The number of carboxylic acid groups (broad SMARTS) is 2. The molecule has 1 unspecified atom stereocenters. The van der Waals surface area contributed by atoms with Crippen LogP contribution in [0.1, 0.15) is 38.5 Å². The summed E-state index contributed by atoms with van der Waals surface area (Å²) in [6, 6.07) is 0.536. The average Bonchev–Trinajstić information content (AvgIpc) is 2.18. The van der Waals surface area contributed by atoms with E-state index in [-0.39, 0.29) is 0 Å². The summed E-state index contributed by atoms with van der Waals surface area (Å²) in [7, 11) is 0. The third-order valence-corrected chi connectivity index (χ3v) is 2.30. The monoisotopic (exact) mass is 233 g/mol. The first-order valence-electron chi connectivity index (χ1n) is 5.31. The lowest BCUT2D eigenvalue weighted by Gasteiger charge is -2.15. The van der Waals surface area contributed by atoms with E-state index in [2.05, 4.69) is 0 Å². The zero-order valence-corrected chi connectivity index (χ0v) is 9.13. The highest BCUT2D eigenvalue weighted by Gasteiger charge is 2.16. The third kappa shape index (κ3) is 8.19. The van der Waals surface area contributed by atoms with Crippen molar-refractivity contribution in [2.45, 2.75) is 50.7 Å². The molecule has 0 saturated heterocycles.